The van der Waals surface area contributed by atoms with Crippen molar-refractivity contribution < 1.29 is 4.79 Å². The number of H-pyrrole nitrogens is 1. The topological polar surface area (TPSA) is 66.1 Å². The first-order valence-electron chi connectivity index (χ1n) is 8.28. The van der Waals surface area contributed by atoms with E-state index in [4.69, 9.17) is 11.6 Å². The first-order chi connectivity index (χ1) is 12.6. The maximum Gasteiger partial charge on any atom is 0.258 e. The molecule has 0 bridgehead atoms. The van der Waals surface area contributed by atoms with Gasteiger partial charge in [-0.15, -0.1) is 0 Å². The summed E-state index contributed by atoms with van der Waals surface area (Å²) in [5.41, 5.74) is 1.18. The van der Waals surface area contributed by atoms with E-state index in [9.17, 15) is 9.59 Å². The zero-order chi connectivity index (χ0) is 18.5. The van der Waals surface area contributed by atoms with Crippen molar-refractivity contribution in [2.45, 2.75) is 13.5 Å². The van der Waals surface area contributed by atoms with Gasteiger partial charge >= 0.3 is 0 Å². The number of nitrogens with one attached hydrogen (secondary N) is 1. The normalized spacial score (nSPS) is 11.2. The smallest absolute Gasteiger partial charge is 0.258 e. The van der Waals surface area contributed by atoms with Gasteiger partial charge < -0.3 is 9.88 Å². The zero-order valence-electron chi connectivity index (χ0n) is 14.3. The number of benzene rings is 2. The Morgan fingerprint density at radius 1 is 1.19 bits per heavy atom. The molecule has 0 spiro atoms. The highest BCUT2D eigenvalue weighted by molar-refractivity contribution is 6.32. The van der Waals surface area contributed by atoms with Gasteiger partial charge in [-0.05, 0) is 36.8 Å². The van der Waals surface area contributed by atoms with Gasteiger partial charge in [0.15, 0.2) is 0 Å². The molecule has 1 amide bonds. The number of likely N-dealkylation sites (N-methyl/N-ethyl adjacent to an activating group) is 1. The van der Waals surface area contributed by atoms with Crippen molar-refractivity contribution >= 4 is 34.5 Å². The molecule has 3 aromatic rings. The summed E-state index contributed by atoms with van der Waals surface area (Å²) in [6.07, 6.45) is 3.16. The van der Waals surface area contributed by atoms with Crippen LogP contribution in [0.1, 0.15) is 18.3 Å². The molecule has 1 aromatic heterocycles. The summed E-state index contributed by atoms with van der Waals surface area (Å²) in [5, 5.41) is 1.12. The van der Waals surface area contributed by atoms with Crippen LogP contribution >= 0.6 is 11.6 Å². The standard InChI is InChI=1S/C20H18ClN3O2/c1-2-24(19(25)12-11-14-7-3-5-9-16(14)21)13-18-22-17-10-6-4-8-15(17)20(26)23-18/h3-12H,2,13H2,1H3,(H,22,23,26)/b12-11+. The summed E-state index contributed by atoms with van der Waals surface area (Å²) in [6.45, 7) is 2.59. The molecule has 0 atom stereocenters. The van der Waals surface area contributed by atoms with E-state index >= 15 is 0 Å². The average Bonchev–Trinajstić information content (AvgIpc) is 2.65. The van der Waals surface area contributed by atoms with Crippen molar-refractivity contribution in [1.82, 2.24) is 14.9 Å². The minimum Gasteiger partial charge on any atom is -0.332 e. The molecule has 0 aliphatic carbocycles. The van der Waals surface area contributed by atoms with Crippen molar-refractivity contribution in [3.05, 3.63) is 81.4 Å². The van der Waals surface area contributed by atoms with E-state index in [1.807, 2.05) is 31.2 Å². The van der Waals surface area contributed by atoms with Gasteiger partial charge in [0.05, 0.1) is 17.4 Å². The predicted molar refractivity (Wildman–Crippen MR) is 104 cm³/mol. The van der Waals surface area contributed by atoms with Crippen LogP contribution < -0.4 is 5.56 Å². The fraction of sp³-hybridized carbons (Fsp3) is 0.150. The number of carbonyl (C=O) groups excluding carboxylic acids is 1. The van der Waals surface area contributed by atoms with E-state index in [1.165, 1.54) is 6.08 Å². The average molecular weight is 368 g/mol. The Hall–Kier alpha value is -2.92. The Bertz CT molecular complexity index is 1030. The summed E-state index contributed by atoms with van der Waals surface area (Å²) in [6, 6.07) is 14.4. The molecule has 1 heterocycles. The lowest BCUT2D eigenvalue weighted by Crippen LogP contribution is -2.30. The van der Waals surface area contributed by atoms with Crippen LogP contribution in [0.4, 0.5) is 0 Å². The second-order valence-corrected chi connectivity index (χ2v) is 6.14. The minimum absolute atomic E-state index is 0.178. The predicted octanol–water partition coefficient (Wildman–Crippen LogP) is 3.64. The van der Waals surface area contributed by atoms with Crippen LogP contribution in [0.3, 0.4) is 0 Å². The zero-order valence-corrected chi connectivity index (χ0v) is 15.0. The molecule has 0 saturated carbocycles. The molecule has 0 radical (unpaired) electrons. The van der Waals surface area contributed by atoms with Crippen molar-refractivity contribution in [2.75, 3.05) is 6.54 Å². The number of hydrogen-bond acceptors (Lipinski definition) is 3. The number of carbonyl (C=O) groups is 1. The van der Waals surface area contributed by atoms with Crippen molar-refractivity contribution in [1.29, 1.82) is 0 Å². The fourth-order valence-corrected chi connectivity index (χ4v) is 2.81. The number of aromatic nitrogens is 2. The van der Waals surface area contributed by atoms with Gasteiger partial charge in [0.1, 0.15) is 5.82 Å². The first-order valence-corrected chi connectivity index (χ1v) is 8.65. The van der Waals surface area contributed by atoms with Gasteiger partial charge in [-0.1, -0.05) is 41.9 Å². The van der Waals surface area contributed by atoms with Gasteiger partial charge in [0.2, 0.25) is 5.91 Å². The third kappa shape index (κ3) is 4.00. The molecule has 0 saturated heterocycles. The molecule has 1 N–H and O–H groups in total. The number of rotatable bonds is 5. The van der Waals surface area contributed by atoms with Crippen LogP contribution in [0.25, 0.3) is 17.0 Å². The van der Waals surface area contributed by atoms with Crippen LogP contribution in [0.2, 0.25) is 5.02 Å². The summed E-state index contributed by atoms with van der Waals surface area (Å²) in [4.78, 5) is 33.4. The molecular formula is C20H18ClN3O2. The van der Waals surface area contributed by atoms with Crippen LogP contribution in [0, 0.1) is 0 Å². The van der Waals surface area contributed by atoms with Crippen LogP contribution in [-0.2, 0) is 11.3 Å². The lowest BCUT2D eigenvalue weighted by molar-refractivity contribution is -0.126. The van der Waals surface area contributed by atoms with Crippen molar-refractivity contribution in [2.24, 2.45) is 0 Å². The van der Waals surface area contributed by atoms with E-state index in [0.29, 0.717) is 28.3 Å². The molecule has 6 heteroatoms. The van der Waals surface area contributed by atoms with E-state index < -0.39 is 0 Å². The number of fused-ring (bicyclic) bond motifs is 1. The van der Waals surface area contributed by atoms with Crippen molar-refractivity contribution in [3.8, 4) is 0 Å². The number of nitrogens with zero attached hydrogens (tertiary/aromatic N) is 2. The fourth-order valence-electron chi connectivity index (χ4n) is 2.61. The Morgan fingerprint density at radius 2 is 1.92 bits per heavy atom. The number of amides is 1. The van der Waals surface area contributed by atoms with Crippen LogP contribution in [0.15, 0.2) is 59.4 Å². The van der Waals surface area contributed by atoms with Gasteiger partial charge in [-0.2, -0.15) is 0 Å². The minimum atomic E-state index is -0.208. The number of aromatic amines is 1. The largest absolute Gasteiger partial charge is 0.332 e. The molecular weight excluding hydrogens is 350 g/mol. The van der Waals surface area contributed by atoms with E-state index in [1.54, 1.807) is 35.2 Å². The molecule has 0 unspecified atom stereocenters. The second kappa shape index (κ2) is 7.97. The van der Waals surface area contributed by atoms with Crippen LogP contribution in [0.5, 0.6) is 0 Å². The first kappa shape index (κ1) is 17.9. The monoisotopic (exact) mass is 367 g/mol. The highest BCUT2D eigenvalue weighted by Crippen LogP contribution is 2.16. The van der Waals surface area contributed by atoms with E-state index in [0.717, 1.165) is 5.56 Å². The van der Waals surface area contributed by atoms with Gasteiger partial charge in [-0.3, -0.25) is 9.59 Å². The number of para-hydroxylation sites is 1. The van der Waals surface area contributed by atoms with Gasteiger partial charge in [0, 0.05) is 17.6 Å². The van der Waals surface area contributed by atoms with Crippen LogP contribution in [-0.4, -0.2) is 27.3 Å². The van der Waals surface area contributed by atoms with Crippen molar-refractivity contribution in [3.63, 3.8) is 0 Å². The third-order valence-electron chi connectivity index (χ3n) is 4.01. The lowest BCUT2D eigenvalue weighted by Gasteiger charge is -2.18. The summed E-state index contributed by atoms with van der Waals surface area (Å²) >= 11 is 6.10. The number of halogens is 1. The summed E-state index contributed by atoms with van der Waals surface area (Å²) in [5.74, 6) is 0.276. The second-order valence-electron chi connectivity index (χ2n) is 5.74. The molecule has 5 nitrogen and oxygen atoms in total. The number of hydrogen-bond donors (Lipinski definition) is 1. The molecule has 0 fully saturated rings. The third-order valence-corrected chi connectivity index (χ3v) is 4.35. The maximum atomic E-state index is 12.5. The molecule has 2 aromatic carbocycles. The molecule has 26 heavy (non-hydrogen) atoms. The quantitative estimate of drug-likeness (QED) is 0.700. The Labute approximate surface area is 155 Å². The maximum absolute atomic E-state index is 12.5. The lowest BCUT2D eigenvalue weighted by atomic mass is 10.2. The molecule has 132 valence electrons. The Morgan fingerprint density at radius 3 is 2.69 bits per heavy atom. The summed E-state index contributed by atoms with van der Waals surface area (Å²) < 4.78 is 0. The Kier molecular flexibility index (Phi) is 5.49. The van der Waals surface area contributed by atoms with E-state index in [-0.39, 0.29) is 18.0 Å². The van der Waals surface area contributed by atoms with E-state index in [2.05, 4.69) is 9.97 Å². The highest BCUT2D eigenvalue weighted by Gasteiger charge is 2.12. The molecule has 3 rings (SSSR count). The molecule has 0 aliphatic heterocycles. The SMILES string of the molecule is CCN(Cc1nc2ccccc2c(=O)[nH]1)C(=O)/C=C/c1ccccc1Cl. The van der Waals surface area contributed by atoms with Gasteiger partial charge in [0.25, 0.3) is 5.56 Å². The Balaban J connectivity index is 1.80. The highest BCUT2D eigenvalue weighted by atomic mass is 35.5. The summed E-state index contributed by atoms with van der Waals surface area (Å²) in [7, 11) is 0. The van der Waals surface area contributed by atoms with Gasteiger partial charge in [-0.25, -0.2) is 4.98 Å². The molecule has 0 aliphatic rings.